The maximum Gasteiger partial charge on any atom is 0.0796 e. The minimum Gasteiger partial charge on any atom is -0.301 e. The molecule has 17 heavy (non-hydrogen) atoms. The first-order valence-corrected chi connectivity index (χ1v) is 6.17. The zero-order valence-electron chi connectivity index (χ0n) is 11.3. The molecular formula is C15H20N2. The summed E-state index contributed by atoms with van der Waals surface area (Å²) in [5.41, 5.74) is 6.42. The van der Waals surface area contributed by atoms with Crippen LogP contribution in [0.15, 0.2) is 39.4 Å². The monoisotopic (exact) mass is 228 g/mol. The van der Waals surface area contributed by atoms with Crippen LogP contribution in [0.4, 0.5) is 0 Å². The van der Waals surface area contributed by atoms with Crippen molar-refractivity contribution in [1.29, 1.82) is 5.41 Å². The summed E-state index contributed by atoms with van der Waals surface area (Å²) in [5.74, 6) is 0. The SMILES string of the molecule is CCC1(C)N=C2C=CC(=N)C(C)=C2C(C)=C1C. The fourth-order valence-electron chi connectivity index (χ4n) is 2.55. The quantitative estimate of drug-likeness (QED) is 0.662. The van der Waals surface area contributed by atoms with Crippen molar-refractivity contribution in [2.75, 3.05) is 0 Å². The number of allylic oxidation sites excluding steroid dienone is 5. The highest BCUT2D eigenvalue weighted by Gasteiger charge is 2.33. The first kappa shape index (κ1) is 12.0. The highest BCUT2D eigenvalue weighted by atomic mass is 14.9. The van der Waals surface area contributed by atoms with Gasteiger partial charge in [0.25, 0.3) is 0 Å². The molecule has 0 radical (unpaired) electrons. The Balaban J connectivity index is 2.68. The van der Waals surface area contributed by atoms with Crippen molar-refractivity contribution >= 4 is 11.4 Å². The molecule has 1 atom stereocenters. The standard InChI is InChI=1S/C15H20N2/c1-6-15(5)11(4)9(2)14-10(3)12(16)7-8-13(14)17-15/h7-8,16H,6H2,1-5H3. The van der Waals surface area contributed by atoms with E-state index >= 15 is 0 Å². The van der Waals surface area contributed by atoms with Gasteiger partial charge in [-0.2, -0.15) is 0 Å². The van der Waals surface area contributed by atoms with Crippen molar-refractivity contribution in [3.05, 3.63) is 34.4 Å². The minimum atomic E-state index is -0.0763. The molecule has 1 aliphatic heterocycles. The van der Waals surface area contributed by atoms with Crippen molar-refractivity contribution in [2.45, 2.75) is 46.6 Å². The molecule has 2 rings (SSSR count). The lowest BCUT2D eigenvalue weighted by molar-refractivity contribution is 0.525. The van der Waals surface area contributed by atoms with Gasteiger partial charge in [-0.25, -0.2) is 0 Å². The van der Waals surface area contributed by atoms with Gasteiger partial charge in [-0.3, -0.25) is 4.99 Å². The van der Waals surface area contributed by atoms with E-state index in [4.69, 9.17) is 10.4 Å². The number of hydrogen-bond acceptors (Lipinski definition) is 2. The highest BCUT2D eigenvalue weighted by Crippen LogP contribution is 2.38. The van der Waals surface area contributed by atoms with Crippen LogP contribution in [-0.4, -0.2) is 17.0 Å². The molecule has 0 aromatic heterocycles. The Kier molecular flexibility index (Phi) is 2.69. The predicted octanol–water partition coefficient (Wildman–Crippen LogP) is 3.85. The molecule has 0 bridgehead atoms. The van der Waals surface area contributed by atoms with Gasteiger partial charge in [0.05, 0.1) is 17.0 Å². The molecule has 1 aliphatic carbocycles. The highest BCUT2D eigenvalue weighted by molar-refractivity contribution is 6.25. The van der Waals surface area contributed by atoms with E-state index in [1.54, 1.807) is 0 Å². The summed E-state index contributed by atoms with van der Waals surface area (Å²) < 4.78 is 0. The van der Waals surface area contributed by atoms with Gasteiger partial charge < -0.3 is 5.41 Å². The average molecular weight is 228 g/mol. The molecule has 1 heterocycles. The van der Waals surface area contributed by atoms with Crippen molar-refractivity contribution in [2.24, 2.45) is 4.99 Å². The first-order valence-electron chi connectivity index (χ1n) is 6.17. The second-order valence-corrected chi connectivity index (χ2v) is 5.12. The van der Waals surface area contributed by atoms with Crippen molar-refractivity contribution in [3.8, 4) is 0 Å². The van der Waals surface area contributed by atoms with E-state index in [1.165, 1.54) is 16.7 Å². The third kappa shape index (κ3) is 1.63. The third-order valence-corrected chi connectivity index (χ3v) is 4.24. The first-order chi connectivity index (χ1) is 7.90. The molecule has 2 nitrogen and oxygen atoms in total. The summed E-state index contributed by atoms with van der Waals surface area (Å²) in [5, 5.41) is 7.89. The van der Waals surface area contributed by atoms with Crippen molar-refractivity contribution in [3.63, 3.8) is 0 Å². The van der Waals surface area contributed by atoms with Gasteiger partial charge in [0, 0.05) is 5.57 Å². The lowest BCUT2D eigenvalue weighted by Gasteiger charge is -2.35. The van der Waals surface area contributed by atoms with Gasteiger partial charge in [-0.15, -0.1) is 0 Å². The lowest BCUT2D eigenvalue weighted by Crippen LogP contribution is -2.32. The number of fused-ring (bicyclic) bond motifs is 1. The Morgan fingerprint density at radius 3 is 2.41 bits per heavy atom. The molecule has 0 aromatic carbocycles. The average Bonchev–Trinajstić information content (AvgIpc) is 2.31. The third-order valence-electron chi connectivity index (χ3n) is 4.24. The molecular weight excluding hydrogens is 208 g/mol. The van der Waals surface area contributed by atoms with Crippen molar-refractivity contribution < 1.29 is 0 Å². The van der Waals surface area contributed by atoms with E-state index in [1.807, 2.05) is 19.1 Å². The van der Waals surface area contributed by atoms with Crippen LogP contribution in [0.25, 0.3) is 0 Å². The fourth-order valence-corrected chi connectivity index (χ4v) is 2.55. The van der Waals surface area contributed by atoms with Crippen LogP contribution in [0.2, 0.25) is 0 Å². The van der Waals surface area contributed by atoms with E-state index in [0.29, 0.717) is 5.71 Å². The number of aliphatic imine (C=N–C) groups is 1. The van der Waals surface area contributed by atoms with Gasteiger partial charge in [-0.1, -0.05) is 6.92 Å². The number of nitrogens with zero attached hydrogens (tertiary/aromatic N) is 1. The number of nitrogens with one attached hydrogen (secondary N) is 1. The summed E-state index contributed by atoms with van der Waals surface area (Å²) in [6, 6.07) is 0. The largest absolute Gasteiger partial charge is 0.301 e. The Bertz CT molecular complexity index is 511. The smallest absolute Gasteiger partial charge is 0.0796 e. The molecule has 0 spiro atoms. The maximum absolute atomic E-state index is 7.89. The summed E-state index contributed by atoms with van der Waals surface area (Å²) in [6.45, 7) is 10.7. The van der Waals surface area contributed by atoms with Crippen LogP contribution in [-0.2, 0) is 0 Å². The Morgan fingerprint density at radius 2 is 1.82 bits per heavy atom. The molecule has 0 saturated carbocycles. The van der Waals surface area contributed by atoms with Crippen LogP contribution >= 0.6 is 0 Å². The minimum absolute atomic E-state index is 0.0763. The Morgan fingerprint density at radius 1 is 1.18 bits per heavy atom. The van der Waals surface area contributed by atoms with Crippen LogP contribution < -0.4 is 0 Å². The topological polar surface area (TPSA) is 36.2 Å². The van der Waals surface area contributed by atoms with Gasteiger partial charge in [0.2, 0.25) is 0 Å². The second kappa shape index (κ2) is 3.80. The number of dihydropyridines is 1. The summed E-state index contributed by atoms with van der Waals surface area (Å²) in [7, 11) is 0. The van der Waals surface area contributed by atoms with Gasteiger partial charge in [0.15, 0.2) is 0 Å². The van der Waals surface area contributed by atoms with Gasteiger partial charge in [0.1, 0.15) is 0 Å². The van der Waals surface area contributed by atoms with Crippen LogP contribution in [0.5, 0.6) is 0 Å². The van der Waals surface area contributed by atoms with Crippen LogP contribution in [0, 0.1) is 5.41 Å². The van der Waals surface area contributed by atoms with E-state index in [-0.39, 0.29) is 5.54 Å². The lowest BCUT2D eigenvalue weighted by atomic mass is 9.78. The second-order valence-electron chi connectivity index (χ2n) is 5.12. The van der Waals surface area contributed by atoms with E-state index in [9.17, 15) is 0 Å². The van der Waals surface area contributed by atoms with Crippen LogP contribution in [0.1, 0.15) is 41.0 Å². The normalized spacial score (nSPS) is 28.5. The predicted molar refractivity (Wildman–Crippen MR) is 74.1 cm³/mol. The summed E-state index contributed by atoms with van der Waals surface area (Å²) >= 11 is 0. The molecule has 1 N–H and O–H groups in total. The zero-order valence-corrected chi connectivity index (χ0v) is 11.3. The Labute approximate surface area is 103 Å². The molecule has 2 heteroatoms. The van der Waals surface area contributed by atoms with Crippen molar-refractivity contribution in [1.82, 2.24) is 0 Å². The van der Waals surface area contributed by atoms with Gasteiger partial charge in [-0.05, 0) is 63.0 Å². The fraction of sp³-hybridized carbons (Fsp3) is 0.467. The maximum atomic E-state index is 7.89. The molecule has 2 aliphatic rings. The molecule has 0 amide bonds. The Hall–Kier alpha value is -1.44. The number of hydrogen-bond donors (Lipinski definition) is 1. The number of rotatable bonds is 1. The molecule has 1 unspecified atom stereocenters. The molecule has 0 saturated heterocycles. The summed E-state index contributed by atoms with van der Waals surface area (Å²) in [6.07, 6.45) is 4.84. The van der Waals surface area contributed by atoms with Crippen LogP contribution in [0.3, 0.4) is 0 Å². The molecule has 0 aromatic rings. The molecule has 90 valence electrons. The zero-order chi connectivity index (χ0) is 12.8. The summed E-state index contributed by atoms with van der Waals surface area (Å²) in [4.78, 5) is 4.89. The van der Waals surface area contributed by atoms with E-state index < -0.39 is 0 Å². The van der Waals surface area contributed by atoms with Gasteiger partial charge >= 0.3 is 0 Å². The van der Waals surface area contributed by atoms with E-state index in [0.717, 1.165) is 17.7 Å². The molecule has 0 fully saturated rings. The van der Waals surface area contributed by atoms with E-state index in [2.05, 4.69) is 27.7 Å².